The summed E-state index contributed by atoms with van der Waals surface area (Å²) in [7, 11) is 0. The number of aliphatic hydroxyl groups excluding tert-OH is 3. The summed E-state index contributed by atoms with van der Waals surface area (Å²) in [5.41, 5.74) is 0.423. The van der Waals surface area contributed by atoms with Gasteiger partial charge in [0, 0.05) is 0 Å². The van der Waals surface area contributed by atoms with Crippen molar-refractivity contribution in [2.45, 2.75) is 351 Å². The highest BCUT2D eigenvalue weighted by Gasteiger charge is 2.62. The average Bonchev–Trinajstić information content (AvgIpc) is 1.72. The fourth-order valence-corrected chi connectivity index (χ4v) is 27.1. The summed E-state index contributed by atoms with van der Waals surface area (Å²) in [4.78, 5) is 0. The van der Waals surface area contributed by atoms with Crippen LogP contribution in [0, 0.1) is 158 Å². The molecule has 1 unspecified atom stereocenters. The monoisotopic (exact) mass is 1210 g/mol. The second-order valence-corrected chi connectivity index (χ2v) is 38.3. The number of rotatable bonds is 15. The Bertz CT molecular complexity index is 1940. The lowest BCUT2D eigenvalue weighted by Gasteiger charge is -2.57. The summed E-state index contributed by atoms with van der Waals surface area (Å²) in [6, 6.07) is 0. The molecule has 0 aliphatic heterocycles. The second-order valence-electron chi connectivity index (χ2n) is 38.3. The summed E-state index contributed by atoms with van der Waals surface area (Å²) in [5, 5.41) is 62.7. The Kier molecular flexibility index (Phi) is 22.0. The van der Waals surface area contributed by atoms with Crippen LogP contribution in [0.25, 0.3) is 0 Å². The Hall–Kier alpha value is -0.240. The van der Waals surface area contributed by atoms with Crippen LogP contribution in [-0.4, -0.2) is 65.8 Å². The maximum absolute atomic E-state index is 10.6. The fourth-order valence-electron chi connectivity index (χ4n) is 27.1. The molecule has 87 heavy (non-hydrogen) atoms. The van der Waals surface area contributed by atoms with Crippen LogP contribution in [0.2, 0.25) is 0 Å². The van der Waals surface area contributed by atoms with Gasteiger partial charge in [0.2, 0.25) is 0 Å². The molecule has 0 amide bonds. The van der Waals surface area contributed by atoms with Crippen molar-refractivity contribution in [1.82, 2.24) is 0 Å². The Morgan fingerprint density at radius 1 is 0.276 bits per heavy atom. The van der Waals surface area contributed by atoms with E-state index in [1.807, 2.05) is 0 Å². The van der Waals surface area contributed by atoms with Gasteiger partial charge in [0.1, 0.15) is 0 Å². The van der Waals surface area contributed by atoms with Crippen molar-refractivity contribution in [1.29, 1.82) is 0 Å². The van der Waals surface area contributed by atoms with E-state index in [4.69, 9.17) is 0 Å². The largest absolute Gasteiger partial charge is 0.393 e. The Labute approximate surface area is 537 Å². The minimum Gasteiger partial charge on any atom is -0.393 e. The lowest BCUT2D eigenvalue weighted by Crippen LogP contribution is -2.50. The van der Waals surface area contributed by atoms with Crippen molar-refractivity contribution in [2.75, 3.05) is 0 Å². The Morgan fingerprint density at radius 3 is 0.759 bits per heavy atom. The van der Waals surface area contributed by atoms with Crippen LogP contribution in [0.15, 0.2) is 0 Å². The van der Waals surface area contributed by atoms with Gasteiger partial charge in [-0.05, 0) is 391 Å². The van der Waals surface area contributed by atoms with Crippen LogP contribution in [0.5, 0.6) is 0 Å². The molecular weight excluding hydrogens is 1070 g/mol. The summed E-state index contributed by atoms with van der Waals surface area (Å²) >= 11 is 0. The first-order valence-electron chi connectivity index (χ1n) is 39.1. The normalized spacial score (nSPS) is 49.2. The Morgan fingerprint density at radius 2 is 0.517 bits per heavy atom. The van der Waals surface area contributed by atoms with E-state index in [9.17, 15) is 30.6 Å². The van der Waals surface area contributed by atoms with Gasteiger partial charge < -0.3 is 30.6 Å². The lowest BCUT2D eigenvalue weighted by atomic mass is 9.48. The van der Waals surface area contributed by atoms with Crippen LogP contribution >= 0.6 is 0 Å². The number of hydrogen-bond donors (Lipinski definition) is 6. The molecule has 12 aliphatic rings. The molecule has 0 aromatic heterocycles. The van der Waals surface area contributed by atoms with Gasteiger partial charge >= 0.3 is 0 Å². The van der Waals surface area contributed by atoms with Crippen molar-refractivity contribution in [3.8, 4) is 0 Å². The van der Waals surface area contributed by atoms with Gasteiger partial charge in [-0.2, -0.15) is 0 Å². The van der Waals surface area contributed by atoms with Crippen LogP contribution < -0.4 is 0 Å². The van der Waals surface area contributed by atoms with E-state index in [0.717, 1.165) is 182 Å². The zero-order valence-corrected chi connectivity index (χ0v) is 59.6. The van der Waals surface area contributed by atoms with E-state index < -0.39 is 16.8 Å². The van der Waals surface area contributed by atoms with Crippen LogP contribution in [-0.2, 0) is 0 Å². The average molecular weight is 1210 g/mol. The molecule has 0 aromatic rings. The van der Waals surface area contributed by atoms with Gasteiger partial charge in [-0.25, -0.2) is 0 Å². The molecule has 30 atom stereocenters. The van der Waals surface area contributed by atoms with Crippen molar-refractivity contribution in [3.05, 3.63) is 0 Å². The second kappa shape index (κ2) is 27.5. The van der Waals surface area contributed by atoms with Crippen molar-refractivity contribution >= 4 is 0 Å². The molecular formula is C81H144O6. The van der Waals surface area contributed by atoms with Crippen LogP contribution in [0.4, 0.5) is 0 Å². The molecule has 12 fully saturated rings. The molecule has 0 aromatic carbocycles. The standard InChI is InChI=1S/3C27H48O2/c3*1-17(2)25(28)11-6-18(3)23-9-10-24-22-8-7-19-16-26(4,29)14-12-20(19)21(22)13-15-27(23,24)5/h3*17-25,28-29H,6-16H2,1-5H3/t18-,19+,20+,21-,22-,23-,24+,25?,26+,27-;18-,19+,20+,21-,22-,23-,24+,25+,26+,27-;18-,19+,20+,21-,22-,23-,24+,25-,26+,27-/m111/s1. The highest BCUT2D eigenvalue weighted by Crippen LogP contribution is 2.69. The molecule has 0 radical (unpaired) electrons. The fraction of sp³-hybridized carbons (Fsp3) is 1.00. The smallest absolute Gasteiger partial charge is 0.0622 e. The first-order chi connectivity index (χ1) is 40.9. The first kappa shape index (κ1) is 69.6. The van der Waals surface area contributed by atoms with E-state index in [1.54, 1.807) is 0 Å². The molecule has 12 rings (SSSR count). The van der Waals surface area contributed by atoms with Gasteiger partial charge in [0.25, 0.3) is 0 Å². The number of fused-ring (bicyclic) bond motifs is 15. The SMILES string of the molecule is CC(C)C(O)CC[C@@H](C)[C@H]1CC[C@H]2[C@@H]3CC[C@H]4C[C@@](C)(O)CC[C@@H]4[C@H]3CC[C@]12C.CC(C)[C@@H](O)CC[C@@H](C)[C@H]1CC[C@H]2[C@@H]3CC[C@H]4C[C@@](C)(O)CC[C@@H]4[C@H]3CC[C@]12C.CC(C)[C@H](O)CC[C@@H](C)[C@H]1CC[C@H]2[C@@H]3CC[C@H]4C[C@@](C)(O)CC[C@@H]4[C@H]3CC[C@]12C. The summed E-state index contributed by atoms with van der Waals surface area (Å²) < 4.78 is 0. The number of hydrogen-bond acceptors (Lipinski definition) is 6. The highest BCUT2D eigenvalue weighted by molar-refractivity contribution is 5.11. The predicted octanol–water partition coefficient (Wildman–Crippen LogP) is 19.3. The summed E-state index contributed by atoms with van der Waals surface area (Å²) in [6.07, 6.45) is 41.8. The molecule has 0 heterocycles. The molecule has 6 nitrogen and oxygen atoms in total. The zero-order chi connectivity index (χ0) is 62.9. The predicted molar refractivity (Wildman–Crippen MR) is 361 cm³/mol. The quantitative estimate of drug-likeness (QED) is 0.0972. The van der Waals surface area contributed by atoms with E-state index in [1.165, 1.54) is 154 Å². The van der Waals surface area contributed by atoms with Gasteiger partial charge in [-0.15, -0.1) is 0 Å². The van der Waals surface area contributed by atoms with Crippen molar-refractivity contribution < 1.29 is 30.6 Å². The maximum atomic E-state index is 10.6. The van der Waals surface area contributed by atoms with Gasteiger partial charge in [0.05, 0.1) is 35.1 Å². The van der Waals surface area contributed by atoms with Gasteiger partial charge in [0.15, 0.2) is 0 Å². The third-order valence-electron chi connectivity index (χ3n) is 32.1. The van der Waals surface area contributed by atoms with Crippen molar-refractivity contribution in [2.24, 2.45) is 158 Å². The molecule has 0 bridgehead atoms. The maximum Gasteiger partial charge on any atom is 0.0622 e. The minimum atomic E-state index is -0.397. The molecule has 0 saturated heterocycles. The lowest BCUT2D eigenvalue weighted by molar-refractivity contribution is -0.103. The van der Waals surface area contributed by atoms with Crippen LogP contribution in [0.1, 0.15) is 316 Å². The highest BCUT2D eigenvalue weighted by atomic mass is 16.3. The van der Waals surface area contributed by atoms with E-state index >= 15 is 0 Å². The first-order valence-corrected chi connectivity index (χ1v) is 39.1. The van der Waals surface area contributed by atoms with E-state index in [-0.39, 0.29) is 18.3 Å². The van der Waals surface area contributed by atoms with E-state index in [0.29, 0.717) is 34.0 Å². The molecule has 6 heteroatoms. The molecule has 6 N–H and O–H groups in total. The Balaban J connectivity index is 0.000000144. The molecule has 12 saturated carbocycles. The molecule has 0 spiro atoms. The number of aliphatic hydroxyl groups is 6. The van der Waals surface area contributed by atoms with Crippen molar-refractivity contribution in [3.63, 3.8) is 0 Å². The minimum absolute atomic E-state index is 0.128. The topological polar surface area (TPSA) is 121 Å². The molecule has 504 valence electrons. The van der Waals surface area contributed by atoms with E-state index in [2.05, 4.69) is 104 Å². The van der Waals surface area contributed by atoms with Gasteiger partial charge in [-0.3, -0.25) is 0 Å². The third kappa shape index (κ3) is 14.5. The zero-order valence-electron chi connectivity index (χ0n) is 59.6. The van der Waals surface area contributed by atoms with Crippen LogP contribution in [0.3, 0.4) is 0 Å². The van der Waals surface area contributed by atoms with Gasteiger partial charge in [-0.1, -0.05) is 83.1 Å². The molecule has 12 aliphatic carbocycles. The summed E-state index contributed by atoms with van der Waals surface area (Å²) in [5.74, 6) is 19.5. The third-order valence-corrected chi connectivity index (χ3v) is 32.1. The summed E-state index contributed by atoms with van der Waals surface area (Å²) in [6.45, 7) is 34.5.